The Kier molecular flexibility index (Phi) is 11.3. The van der Waals surface area contributed by atoms with Crippen molar-refractivity contribution in [2.45, 2.75) is 146 Å². The van der Waals surface area contributed by atoms with Crippen LogP contribution >= 0.6 is 0 Å². The van der Waals surface area contributed by atoms with E-state index in [-0.39, 0.29) is 60.3 Å². The number of urea groups is 2. The number of nitrogens with zero attached hydrogens (tertiary/aromatic N) is 4. The summed E-state index contributed by atoms with van der Waals surface area (Å²) in [5.74, 6) is 0.473. The number of ether oxygens (including phenoxy) is 2. The molecule has 4 heterocycles. The second-order valence-corrected chi connectivity index (χ2v) is 20.5. The van der Waals surface area contributed by atoms with Crippen molar-refractivity contribution < 1.29 is 38.9 Å². The monoisotopic (exact) mass is 818 g/mol. The van der Waals surface area contributed by atoms with E-state index in [0.717, 1.165) is 20.9 Å². The number of amides is 6. The second-order valence-electron chi connectivity index (χ2n) is 20.5. The summed E-state index contributed by atoms with van der Waals surface area (Å²) in [7, 11) is 4.08. The van der Waals surface area contributed by atoms with Gasteiger partial charge in [0.25, 0.3) is 11.8 Å². The van der Waals surface area contributed by atoms with Crippen LogP contribution in [0.4, 0.5) is 9.59 Å². The van der Waals surface area contributed by atoms with E-state index >= 15 is 0 Å². The SMILES string of the molecule is CN1C(C)(C)CC2(CC1(C)C)NC(=O)N(CC(O)COc1ccc(C(C)(C)c3ccc(OCC(O)CN4C(=O)NC5(CC(C)(C)N(C)C(C)(C)C5)C4=O)cc3)cc1)C2=O. The number of rotatable bonds is 12. The van der Waals surface area contributed by atoms with E-state index in [0.29, 0.717) is 37.2 Å². The van der Waals surface area contributed by atoms with Crippen molar-refractivity contribution in [3.05, 3.63) is 59.7 Å². The van der Waals surface area contributed by atoms with Crippen LogP contribution < -0.4 is 20.1 Å². The van der Waals surface area contributed by atoms with Gasteiger partial charge in [-0.3, -0.25) is 29.2 Å². The molecule has 4 N–H and O–H groups in total. The number of imide groups is 2. The molecule has 2 aromatic rings. The maximum Gasteiger partial charge on any atom is 0.325 e. The number of β-amino-alcohol motifs (C(OH)–C–C–N with tert-alkyl or cyclic N) is 2. The molecule has 4 aliphatic heterocycles. The predicted molar refractivity (Wildman–Crippen MR) is 224 cm³/mol. The van der Waals surface area contributed by atoms with Crippen LogP contribution in [0.1, 0.15) is 106 Å². The topological polar surface area (TPSA) is 164 Å². The molecular formula is C45H66N6O8. The molecule has 0 saturated carbocycles. The van der Waals surface area contributed by atoms with Gasteiger partial charge in [-0.1, -0.05) is 38.1 Å². The summed E-state index contributed by atoms with van der Waals surface area (Å²) in [6.07, 6.45) is -0.268. The van der Waals surface area contributed by atoms with Crippen LogP contribution in [-0.4, -0.2) is 140 Å². The minimum atomic E-state index is -1.08. The van der Waals surface area contributed by atoms with Gasteiger partial charge in [0.05, 0.1) is 13.1 Å². The van der Waals surface area contributed by atoms with Crippen molar-refractivity contribution >= 4 is 23.9 Å². The first-order valence-corrected chi connectivity index (χ1v) is 20.7. The molecule has 0 radical (unpaired) electrons. The van der Waals surface area contributed by atoms with Crippen LogP contribution in [0.25, 0.3) is 0 Å². The molecule has 2 spiro atoms. The highest BCUT2D eigenvalue weighted by Crippen LogP contribution is 2.46. The molecule has 4 aliphatic rings. The highest BCUT2D eigenvalue weighted by atomic mass is 16.5. The zero-order valence-corrected chi connectivity index (χ0v) is 37.1. The van der Waals surface area contributed by atoms with Crippen LogP contribution in [0.15, 0.2) is 48.5 Å². The normalized spacial score (nSPS) is 24.3. The lowest BCUT2D eigenvalue weighted by atomic mass is 9.69. The van der Waals surface area contributed by atoms with Gasteiger partial charge in [0.15, 0.2) is 0 Å². The van der Waals surface area contributed by atoms with Gasteiger partial charge in [-0.2, -0.15) is 0 Å². The van der Waals surface area contributed by atoms with Gasteiger partial charge < -0.3 is 30.3 Å². The molecule has 0 aromatic heterocycles. The second kappa shape index (κ2) is 15.0. The third-order valence-corrected chi connectivity index (χ3v) is 13.9. The Morgan fingerprint density at radius 1 is 0.576 bits per heavy atom. The van der Waals surface area contributed by atoms with E-state index < -0.39 is 40.8 Å². The Labute approximate surface area is 349 Å². The maximum atomic E-state index is 13.7. The third kappa shape index (κ3) is 8.30. The summed E-state index contributed by atoms with van der Waals surface area (Å²) in [4.78, 5) is 60.2. The van der Waals surface area contributed by atoms with Crippen LogP contribution in [0, 0.1) is 0 Å². The first-order valence-electron chi connectivity index (χ1n) is 20.7. The Bertz CT molecular complexity index is 1770. The van der Waals surface area contributed by atoms with E-state index in [9.17, 15) is 29.4 Å². The Morgan fingerprint density at radius 3 is 1.15 bits per heavy atom. The molecular weight excluding hydrogens is 753 g/mol. The number of piperidine rings is 2. The standard InChI is InChI=1S/C45H66N6O8/c1-39(2)25-44(26-40(3,4)48(39)11)35(54)50(37(56)46-44)21-31(52)23-58-33-17-13-29(14-18-33)43(9,10)30-15-19-34(20-16-30)59-24-32(53)22-51-36(55)45(47-38(51)57)27-41(5,6)49(12)42(7,8)28-45/h13-20,31-32,52-53H,21-28H2,1-12H3,(H,46,56)(H,47,57). The number of carbonyl (C=O) groups excluding carboxylic acids is 4. The highest BCUT2D eigenvalue weighted by molar-refractivity contribution is 6.08. The van der Waals surface area contributed by atoms with Crippen molar-refractivity contribution in [3.63, 3.8) is 0 Å². The van der Waals surface area contributed by atoms with Crippen molar-refractivity contribution in [1.29, 1.82) is 0 Å². The molecule has 6 rings (SSSR count). The van der Waals surface area contributed by atoms with E-state index in [4.69, 9.17) is 9.47 Å². The van der Waals surface area contributed by atoms with Crippen molar-refractivity contribution in [2.75, 3.05) is 40.4 Å². The molecule has 2 unspecified atom stereocenters. The van der Waals surface area contributed by atoms with Gasteiger partial charge >= 0.3 is 12.1 Å². The zero-order valence-electron chi connectivity index (χ0n) is 37.1. The average molecular weight is 819 g/mol. The molecule has 324 valence electrons. The van der Waals surface area contributed by atoms with Gasteiger partial charge in [0, 0.05) is 27.6 Å². The zero-order chi connectivity index (χ0) is 43.7. The fraction of sp³-hybridized carbons (Fsp3) is 0.644. The highest BCUT2D eigenvalue weighted by Gasteiger charge is 2.62. The number of aliphatic hydroxyl groups is 2. The van der Waals surface area contributed by atoms with Gasteiger partial charge in [-0.05, 0) is 131 Å². The molecule has 0 bridgehead atoms. The van der Waals surface area contributed by atoms with Gasteiger partial charge in [-0.25, -0.2) is 9.59 Å². The Balaban J connectivity index is 0.988. The third-order valence-electron chi connectivity index (χ3n) is 13.9. The fourth-order valence-corrected chi connectivity index (χ4v) is 10.4. The van der Waals surface area contributed by atoms with Crippen molar-refractivity contribution in [3.8, 4) is 11.5 Å². The average Bonchev–Trinajstić information content (AvgIpc) is 3.48. The molecule has 14 heteroatoms. The quantitative estimate of drug-likeness (QED) is 0.222. The lowest BCUT2D eigenvalue weighted by molar-refractivity contribution is -0.140. The molecule has 6 amide bonds. The van der Waals surface area contributed by atoms with Gasteiger partial charge in [0.1, 0.15) is 48.0 Å². The number of hydrogen-bond acceptors (Lipinski definition) is 10. The molecule has 59 heavy (non-hydrogen) atoms. The summed E-state index contributed by atoms with van der Waals surface area (Å²) in [5.41, 5.74) is -1.67. The predicted octanol–water partition coefficient (Wildman–Crippen LogP) is 4.64. The smallest absolute Gasteiger partial charge is 0.325 e. The number of hydrogen-bond donors (Lipinski definition) is 4. The summed E-state index contributed by atoms with van der Waals surface area (Å²) in [6, 6.07) is 14.2. The van der Waals surface area contributed by atoms with Crippen molar-refractivity contribution in [1.82, 2.24) is 30.2 Å². The molecule has 0 aliphatic carbocycles. The summed E-state index contributed by atoms with van der Waals surface area (Å²) in [6.45, 7) is 20.2. The summed E-state index contributed by atoms with van der Waals surface area (Å²) in [5, 5.41) is 27.7. The number of benzene rings is 2. The van der Waals surface area contributed by atoms with Crippen molar-refractivity contribution in [2.24, 2.45) is 0 Å². The number of nitrogens with one attached hydrogen (secondary N) is 2. The van der Waals surface area contributed by atoms with Crippen LogP contribution in [0.3, 0.4) is 0 Å². The Morgan fingerprint density at radius 2 is 0.864 bits per heavy atom. The van der Waals surface area contributed by atoms with Gasteiger partial charge in [0.2, 0.25) is 0 Å². The molecule has 14 nitrogen and oxygen atoms in total. The lowest BCUT2D eigenvalue weighted by Crippen LogP contribution is -2.68. The molecule has 2 aromatic carbocycles. The Hall–Kier alpha value is -4.24. The van der Waals surface area contributed by atoms with Crippen LogP contribution in [-0.2, 0) is 15.0 Å². The minimum Gasteiger partial charge on any atom is -0.491 e. The first kappa shape index (κ1) is 44.3. The fourth-order valence-electron chi connectivity index (χ4n) is 10.4. The lowest BCUT2D eigenvalue weighted by Gasteiger charge is -2.56. The minimum absolute atomic E-state index is 0.0977. The molecule has 4 saturated heterocycles. The number of aliphatic hydroxyl groups excluding tert-OH is 2. The number of carbonyl (C=O) groups is 4. The van der Waals surface area contributed by atoms with Crippen LogP contribution in [0.2, 0.25) is 0 Å². The van der Waals surface area contributed by atoms with E-state index in [1.807, 2.05) is 62.6 Å². The summed E-state index contributed by atoms with van der Waals surface area (Å²) < 4.78 is 11.8. The van der Waals surface area contributed by atoms with E-state index in [1.165, 1.54) is 0 Å². The van der Waals surface area contributed by atoms with E-state index in [1.54, 1.807) is 0 Å². The van der Waals surface area contributed by atoms with E-state index in [2.05, 4.69) is 89.7 Å². The first-order chi connectivity index (χ1) is 27.1. The van der Waals surface area contributed by atoms with Gasteiger partial charge in [-0.15, -0.1) is 0 Å². The largest absolute Gasteiger partial charge is 0.491 e. The number of likely N-dealkylation sites (tertiary alicyclic amines) is 2. The molecule has 2 atom stereocenters. The molecule has 4 fully saturated rings. The summed E-state index contributed by atoms with van der Waals surface area (Å²) >= 11 is 0. The van der Waals surface area contributed by atoms with Crippen LogP contribution in [0.5, 0.6) is 11.5 Å². The maximum absolute atomic E-state index is 13.7.